The van der Waals surface area contributed by atoms with E-state index in [-0.39, 0.29) is 24.0 Å². The van der Waals surface area contributed by atoms with Crippen LogP contribution in [-0.2, 0) is 0 Å². The van der Waals surface area contributed by atoms with Gasteiger partial charge in [0.15, 0.2) is 5.96 Å². The normalized spacial score (nSPS) is 20.8. The molecule has 0 aromatic carbocycles. The summed E-state index contributed by atoms with van der Waals surface area (Å²) in [5.74, 6) is 3.54. The summed E-state index contributed by atoms with van der Waals surface area (Å²) in [7, 11) is 1.91. The highest BCUT2D eigenvalue weighted by Crippen LogP contribution is 2.23. The lowest BCUT2D eigenvalue weighted by molar-refractivity contribution is 0.254. The van der Waals surface area contributed by atoms with Gasteiger partial charge in [0.1, 0.15) is 0 Å². The van der Waals surface area contributed by atoms with E-state index in [4.69, 9.17) is 0 Å². The van der Waals surface area contributed by atoms with Crippen molar-refractivity contribution in [1.29, 1.82) is 0 Å². The number of rotatable bonds is 7. The molecule has 0 bridgehead atoms. The highest BCUT2D eigenvalue weighted by molar-refractivity contribution is 14.0. The fourth-order valence-corrected chi connectivity index (χ4v) is 4.35. The van der Waals surface area contributed by atoms with Gasteiger partial charge in [0.05, 0.1) is 0 Å². The van der Waals surface area contributed by atoms with E-state index >= 15 is 0 Å². The molecule has 0 radical (unpaired) electrons. The molecule has 2 aliphatic rings. The van der Waals surface area contributed by atoms with Crippen LogP contribution in [0.1, 0.15) is 33.1 Å². The zero-order chi connectivity index (χ0) is 19.8. The first-order valence-corrected chi connectivity index (χ1v) is 10.9. The van der Waals surface area contributed by atoms with Gasteiger partial charge >= 0.3 is 0 Å². The van der Waals surface area contributed by atoms with Crippen molar-refractivity contribution in [2.75, 3.05) is 64.3 Å². The van der Waals surface area contributed by atoms with Gasteiger partial charge in [-0.25, -0.2) is 9.97 Å². The van der Waals surface area contributed by atoms with Crippen molar-refractivity contribution < 1.29 is 0 Å². The van der Waals surface area contributed by atoms with Crippen LogP contribution in [0.4, 0.5) is 5.95 Å². The number of piperazine rings is 1. The molecule has 7 nitrogen and oxygen atoms in total. The lowest BCUT2D eigenvalue weighted by Gasteiger charge is -2.34. The number of nitrogens with one attached hydrogen (secondary N) is 1. The molecule has 2 fully saturated rings. The topological polar surface area (TPSA) is 59.9 Å². The Hall–Kier alpha value is -1.16. The van der Waals surface area contributed by atoms with Crippen molar-refractivity contribution in [3.05, 3.63) is 18.5 Å². The Balaban J connectivity index is 0.00000300. The molecule has 0 spiro atoms. The van der Waals surface area contributed by atoms with E-state index in [0.29, 0.717) is 0 Å². The number of hydrogen-bond acceptors (Lipinski definition) is 5. The summed E-state index contributed by atoms with van der Waals surface area (Å²) in [5.41, 5.74) is 0. The standard InChI is InChI=1S/C21H37N7.HI/c1-18(2)16-19-6-11-28(17-19)20(22-3)23-9-5-10-26-12-14-27(15-13-26)21-24-7-4-8-25-21;/h4,7-8,18-19H,5-6,9-17H2,1-3H3,(H,22,23);1H. The van der Waals surface area contributed by atoms with Gasteiger partial charge in [-0.05, 0) is 43.7 Å². The van der Waals surface area contributed by atoms with E-state index in [1.54, 1.807) is 0 Å². The van der Waals surface area contributed by atoms with E-state index in [9.17, 15) is 0 Å². The highest BCUT2D eigenvalue weighted by atomic mass is 127. The Labute approximate surface area is 193 Å². The van der Waals surface area contributed by atoms with Crippen LogP contribution in [0.5, 0.6) is 0 Å². The first-order valence-electron chi connectivity index (χ1n) is 10.9. The minimum atomic E-state index is 0. The first kappa shape index (κ1) is 24.1. The van der Waals surface area contributed by atoms with Crippen LogP contribution >= 0.6 is 24.0 Å². The van der Waals surface area contributed by atoms with Crippen LogP contribution in [-0.4, -0.2) is 85.1 Å². The highest BCUT2D eigenvalue weighted by Gasteiger charge is 2.25. The van der Waals surface area contributed by atoms with Gasteiger partial charge in [-0.1, -0.05) is 13.8 Å². The molecule has 1 atom stereocenters. The van der Waals surface area contributed by atoms with Gasteiger partial charge in [-0.2, -0.15) is 0 Å². The second-order valence-corrected chi connectivity index (χ2v) is 8.44. The zero-order valence-electron chi connectivity index (χ0n) is 18.3. The fourth-order valence-electron chi connectivity index (χ4n) is 4.35. The summed E-state index contributed by atoms with van der Waals surface area (Å²) in [6.45, 7) is 13.2. The number of likely N-dealkylation sites (tertiary alicyclic amines) is 1. The maximum absolute atomic E-state index is 4.51. The molecule has 1 aromatic heterocycles. The molecule has 1 unspecified atom stereocenters. The molecule has 1 N–H and O–H groups in total. The molecule has 8 heteroatoms. The smallest absolute Gasteiger partial charge is 0.225 e. The minimum absolute atomic E-state index is 0. The van der Waals surface area contributed by atoms with E-state index in [1.165, 1.54) is 12.8 Å². The molecule has 2 saturated heterocycles. The number of guanidine groups is 1. The van der Waals surface area contributed by atoms with Crippen LogP contribution in [0.15, 0.2) is 23.5 Å². The predicted octanol–water partition coefficient (Wildman–Crippen LogP) is 2.55. The van der Waals surface area contributed by atoms with E-state index in [1.807, 2.05) is 25.5 Å². The molecule has 29 heavy (non-hydrogen) atoms. The third kappa shape index (κ3) is 7.55. The third-order valence-corrected chi connectivity index (χ3v) is 5.74. The van der Waals surface area contributed by atoms with Crippen LogP contribution < -0.4 is 10.2 Å². The number of aromatic nitrogens is 2. The van der Waals surface area contributed by atoms with E-state index in [0.717, 1.165) is 82.5 Å². The van der Waals surface area contributed by atoms with Crippen molar-refractivity contribution in [1.82, 2.24) is 25.1 Å². The second-order valence-electron chi connectivity index (χ2n) is 8.44. The molecular weight excluding hydrogens is 477 g/mol. The lowest BCUT2D eigenvalue weighted by atomic mass is 9.97. The Morgan fingerprint density at radius 3 is 2.55 bits per heavy atom. The van der Waals surface area contributed by atoms with Crippen LogP contribution in [0.25, 0.3) is 0 Å². The average Bonchev–Trinajstić information content (AvgIpc) is 3.16. The number of aliphatic imine (C=N–C) groups is 1. The molecule has 0 aliphatic carbocycles. The van der Waals surface area contributed by atoms with Crippen LogP contribution in [0, 0.1) is 11.8 Å². The summed E-state index contributed by atoms with van der Waals surface area (Å²) in [6.07, 6.45) is 7.41. The number of halogens is 1. The average molecular weight is 515 g/mol. The molecule has 3 heterocycles. The SMILES string of the molecule is CN=C(NCCCN1CCN(c2ncccn2)CC1)N1CCC(CC(C)C)C1.I. The third-order valence-electron chi connectivity index (χ3n) is 5.74. The van der Waals surface area contributed by atoms with Crippen molar-refractivity contribution in [3.63, 3.8) is 0 Å². The molecule has 3 rings (SSSR count). The molecule has 0 saturated carbocycles. The predicted molar refractivity (Wildman–Crippen MR) is 131 cm³/mol. The van der Waals surface area contributed by atoms with Crippen molar-refractivity contribution in [3.8, 4) is 0 Å². The summed E-state index contributed by atoms with van der Waals surface area (Å²) in [5, 5.41) is 3.58. The van der Waals surface area contributed by atoms with Crippen molar-refractivity contribution in [2.24, 2.45) is 16.8 Å². The van der Waals surface area contributed by atoms with Gasteiger partial charge < -0.3 is 15.1 Å². The van der Waals surface area contributed by atoms with Crippen molar-refractivity contribution >= 4 is 35.9 Å². The Morgan fingerprint density at radius 1 is 1.17 bits per heavy atom. The van der Waals surface area contributed by atoms with E-state index in [2.05, 4.69) is 48.8 Å². The molecule has 1 aromatic rings. The monoisotopic (exact) mass is 515 g/mol. The fraction of sp³-hybridized carbons (Fsp3) is 0.762. The van der Waals surface area contributed by atoms with Gasteiger partial charge in [0.2, 0.25) is 5.95 Å². The maximum atomic E-state index is 4.51. The molecular formula is C21H38IN7. The lowest BCUT2D eigenvalue weighted by Crippen LogP contribution is -2.47. The first-order chi connectivity index (χ1) is 13.7. The van der Waals surface area contributed by atoms with Gasteiger partial charge in [-0.15, -0.1) is 24.0 Å². The van der Waals surface area contributed by atoms with Gasteiger partial charge in [0.25, 0.3) is 0 Å². The van der Waals surface area contributed by atoms with E-state index < -0.39 is 0 Å². The van der Waals surface area contributed by atoms with Crippen molar-refractivity contribution in [2.45, 2.75) is 33.1 Å². The zero-order valence-corrected chi connectivity index (χ0v) is 20.6. The largest absolute Gasteiger partial charge is 0.356 e. The minimum Gasteiger partial charge on any atom is -0.356 e. The number of nitrogens with zero attached hydrogens (tertiary/aromatic N) is 6. The Kier molecular flexibility index (Phi) is 10.4. The summed E-state index contributed by atoms with van der Waals surface area (Å²) in [6, 6.07) is 1.87. The second kappa shape index (κ2) is 12.5. The summed E-state index contributed by atoms with van der Waals surface area (Å²) in [4.78, 5) is 20.5. The van der Waals surface area contributed by atoms with Crippen LogP contribution in [0.3, 0.4) is 0 Å². The number of hydrogen-bond donors (Lipinski definition) is 1. The molecule has 164 valence electrons. The quantitative estimate of drug-likeness (QED) is 0.261. The van der Waals surface area contributed by atoms with Crippen LogP contribution in [0.2, 0.25) is 0 Å². The van der Waals surface area contributed by atoms with Gasteiger partial charge in [-0.3, -0.25) is 9.89 Å². The molecule has 0 amide bonds. The Morgan fingerprint density at radius 2 is 1.90 bits per heavy atom. The summed E-state index contributed by atoms with van der Waals surface area (Å²) >= 11 is 0. The number of anilines is 1. The van der Waals surface area contributed by atoms with Gasteiger partial charge in [0, 0.05) is 65.3 Å². The Bertz CT molecular complexity index is 602. The maximum Gasteiger partial charge on any atom is 0.225 e. The molecule has 2 aliphatic heterocycles. The summed E-state index contributed by atoms with van der Waals surface area (Å²) < 4.78 is 0.